The highest BCUT2D eigenvalue weighted by molar-refractivity contribution is 6.04. The van der Waals surface area contributed by atoms with E-state index < -0.39 is 0 Å². The van der Waals surface area contributed by atoms with Gasteiger partial charge in [0.2, 0.25) is 0 Å². The highest BCUT2D eigenvalue weighted by Gasteiger charge is 2.24. The van der Waals surface area contributed by atoms with Crippen molar-refractivity contribution >= 4 is 23.2 Å². The number of amides is 2. The van der Waals surface area contributed by atoms with Gasteiger partial charge in [0.15, 0.2) is 0 Å². The van der Waals surface area contributed by atoms with Crippen LogP contribution in [0.4, 0.5) is 11.4 Å². The van der Waals surface area contributed by atoms with Crippen LogP contribution >= 0.6 is 0 Å². The van der Waals surface area contributed by atoms with E-state index >= 15 is 0 Å². The van der Waals surface area contributed by atoms with Crippen LogP contribution in [0.5, 0.6) is 0 Å². The molecular formula is C28H31N3O3. The molecule has 4 rings (SSSR count). The summed E-state index contributed by atoms with van der Waals surface area (Å²) in [6.07, 6.45) is 2.06. The lowest BCUT2D eigenvalue weighted by Crippen LogP contribution is -2.37. The van der Waals surface area contributed by atoms with E-state index in [2.05, 4.69) is 34.5 Å². The Balaban J connectivity index is 1.46. The first-order valence-electron chi connectivity index (χ1n) is 11.6. The largest absolute Gasteiger partial charge is 0.378 e. The second-order valence-electron chi connectivity index (χ2n) is 8.78. The third-order valence-corrected chi connectivity index (χ3v) is 5.99. The fourth-order valence-corrected chi connectivity index (χ4v) is 4.04. The SMILES string of the molecule is CN(C)c1ccc(CN(CC2CCCO2)C(=O)c2ccc(NC(=O)c3ccccc3)cc2)cc1. The lowest BCUT2D eigenvalue weighted by Gasteiger charge is -2.26. The van der Waals surface area contributed by atoms with Gasteiger partial charge in [0.1, 0.15) is 0 Å². The molecule has 1 fully saturated rings. The lowest BCUT2D eigenvalue weighted by atomic mass is 10.1. The summed E-state index contributed by atoms with van der Waals surface area (Å²) < 4.78 is 5.81. The molecule has 6 nitrogen and oxygen atoms in total. The van der Waals surface area contributed by atoms with Gasteiger partial charge >= 0.3 is 0 Å². The van der Waals surface area contributed by atoms with Crippen molar-refractivity contribution in [1.82, 2.24) is 4.90 Å². The van der Waals surface area contributed by atoms with Crippen molar-refractivity contribution in [2.45, 2.75) is 25.5 Å². The van der Waals surface area contributed by atoms with E-state index in [1.54, 1.807) is 36.4 Å². The lowest BCUT2D eigenvalue weighted by molar-refractivity contribution is 0.0507. The number of hydrogen-bond donors (Lipinski definition) is 1. The molecule has 1 atom stereocenters. The Hall–Kier alpha value is -3.64. The summed E-state index contributed by atoms with van der Waals surface area (Å²) in [5.74, 6) is -0.228. The minimum atomic E-state index is -0.180. The zero-order valence-electron chi connectivity index (χ0n) is 19.7. The Bertz CT molecular complexity index is 1090. The van der Waals surface area contributed by atoms with Gasteiger partial charge in [0.05, 0.1) is 6.10 Å². The highest BCUT2D eigenvalue weighted by atomic mass is 16.5. The molecule has 0 saturated carbocycles. The van der Waals surface area contributed by atoms with Gasteiger partial charge in [-0.2, -0.15) is 0 Å². The molecule has 1 aliphatic heterocycles. The normalized spacial score (nSPS) is 15.1. The second kappa shape index (κ2) is 11.0. The molecule has 34 heavy (non-hydrogen) atoms. The molecule has 1 unspecified atom stereocenters. The van der Waals surface area contributed by atoms with Gasteiger partial charge in [-0.15, -0.1) is 0 Å². The third-order valence-electron chi connectivity index (χ3n) is 5.99. The van der Waals surface area contributed by atoms with Crippen LogP contribution in [-0.4, -0.2) is 50.1 Å². The molecule has 0 aromatic heterocycles. The fraction of sp³-hybridized carbons (Fsp3) is 0.286. The fourth-order valence-electron chi connectivity index (χ4n) is 4.04. The van der Waals surface area contributed by atoms with Crippen LogP contribution in [0.2, 0.25) is 0 Å². The van der Waals surface area contributed by atoms with Crippen molar-refractivity contribution in [1.29, 1.82) is 0 Å². The predicted octanol–water partition coefficient (Wildman–Crippen LogP) is 4.83. The maximum Gasteiger partial charge on any atom is 0.255 e. The Morgan fingerprint density at radius 2 is 1.62 bits per heavy atom. The summed E-state index contributed by atoms with van der Waals surface area (Å²) in [6.45, 7) is 1.82. The number of carbonyl (C=O) groups is 2. The molecule has 3 aromatic rings. The van der Waals surface area contributed by atoms with Crippen LogP contribution in [0.3, 0.4) is 0 Å². The molecule has 176 valence electrons. The maximum absolute atomic E-state index is 13.4. The van der Waals surface area contributed by atoms with Crippen LogP contribution in [-0.2, 0) is 11.3 Å². The maximum atomic E-state index is 13.4. The smallest absolute Gasteiger partial charge is 0.255 e. The summed E-state index contributed by atoms with van der Waals surface area (Å²) in [5.41, 5.74) is 4.01. The summed E-state index contributed by atoms with van der Waals surface area (Å²) in [4.78, 5) is 29.8. The van der Waals surface area contributed by atoms with Crippen LogP contribution in [0, 0.1) is 0 Å². The summed E-state index contributed by atoms with van der Waals surface area (Å²) in [7, 11) is 4.02. The van der Waals surface area contributed by atoms with Gasteiger partial charge in [-0.1, -0.05) is 30.3 Å². The van der Waals surface area contributed by atoms with Gasteiger partial charge in [0, 0.05) is 56.3 Å². The topological polar surface area (TPSA) is 61.9 Å². The Morgan fingerprint density at radius 3 is 2.24 bits per heavy atom. The van der Waals surface area contributed by atoms with Crippen LogP contribution in [0.25, 0.3) is 0 Å². The molecule has 6 heteroatoms. The van der Waals surface area contributed by atoms with Crippen molar-refractivity contribution in [3.8, 4) is 0 Å². The third kappa shape index (κ3) is 6.02. The molecule has 3 aromatic carbocycles. The Kier molecular flexibility index (Phi) is 7.60. The average molecular weight is 458 g/mol. The van der Waals surface area contributed by atoms with Crippen molar-refractivity contribution < 1.29 is 14.3 Å². The van der Waals surface area contributed by atoms with Crippen LogP contribution in [0.1, 0.15) is 39.1 Å². The minimum Gasteiger partial charge on any atom is -0.378 e. The van der Waals surface area contributed by atoms with Crippen LogP contribution in [0.15, 0.2) is 78.9 Å². The van der Waals surface area contributed by atoms with Gasteiger partial charge in [0.25, 0.3) is 11.8 Å². The predicted molar refractivity (Wildman–Crippen MR) is 135 cm³/mol. The number of nitrogens with zero attached hydrogens (tertiary/aromatic N) is 2. The molecule has 1 heterocycles. The van der Waals surface area contributed by atoms with E-state index in [1.165, 1.54) is 0 Å². The molecule has 1 N–H and O–H groups in total. The minimum absolute atomic E-state index is 0.0480. The molecule has 0 spiro atoms. The van der Waals surface area contributed by atoms with E-state index in [0.29, 0.717) is 29.9 Å². The van der Waals surface area contributed by atoms with Crippen molar-refractivity contribution in [3.63, 3.8) is 0 Å². The van der Waals surface area contributed by atoms with E-state index in [-0.39, 0.29) is 17.9 Å². The van der Waals surface area contributed by atoms with E-state index in [1.807, 2.05) is 37.2 Å². The first-order valence-corrected chi connectivity index (χ1v) is 11.6. The van der Waals surface area contributed by atoms with Gasteiger partial charge < -0.3 is 19.9 Å². The molecule has 1 aliphatic rings. The first kappa shape index (κ1) is 23.5. The van der Waals surface area contributed by atoms with E-state index in [4.69, 9.17) is 4.74 Å². The second-order valence-corrected chi connectivity index (χ2v) is 8.78. The number of nitrogens with one attached hydrogen (secondary N) is 1. The average Bonchev–Trinajstić information content (AvgIpc) is 3.38. The Morgan fingerprint density at radius 1 is 0.912 bits per heavy atom. The summed E-state index contributed by atoms with van der Waals surface area (Å²) in [5, 5.41) is 2.88. The number of benzene rings is 3. The number of rotatable bonds is 8. The van der Waals surface area contributed by atoms with Crippen molar-refractivity contribution in [2.24, 2.45) is 0 Å². The number of carbonyl (C=O) groups excluding carboxylic acids is 2. The first-order chi connectivity index (χ1) is 16.5. The van der Waals surface area contributed by atoms with Gasteiger partial charge in [-0.25, -0.2) is 0 Å². The molecule has 0 aliphatic carbocycles. The van der Waals surface area contributed by atoms with Crippen molar-refractivity contribution in [2.75, 3.05) is 37.5 Å². The zero-order chi connectivity index (χ0) is 23.9. The zero-order valence-corrected chi connectivity index (χ0v) is 19.7. The molecule has 1 saturated heterocycles. The monoisotopic (exact) mass is 457 g/mol. The summed E-state index contributed by atoms with van der Waals surface area (Å²) in [6, 6.07) is 24.4. The number of ether oxygens (including phenoxy) is 1. The number of anilines is 2. The summed E-state index contributed by atoms with van der Waals surface area (Å²) >= 11 is 0. The molecular weight excluding hydrogens is 426 g/mol. The van der Waals surface area contributed by atoms with E-state index in [0.717, 1.165) is 30.7 Å². The van der Waals surface area contributed by atoms with E-state index in [9.17, 15) is 9.59 Å². The highest BCUT2D eigenvalue weighted by Crippen LogP contribution is 2.20. The Labute approximate surface area is 201 Å². The number of hydrogen-bond acceptors (Lipinski definition) is 4. The van der Waals surface area contributed by atoms with Crippen molar-refractivity contribution in [3.05, 3.63) is 95.6 Å². The van der Waals surface area contributed by atoms with Gasteiger partial charge in [-0.3, -0.25) is 9.59 Å². The van der Waals surface area contributed by atoms with Crippen LogP contribution < -0.4 is 10.2 Å². The molecule has 2 amide bonds. The molecule has 0 bridgehead atoms. The van der Waals surface area contributed by atoms with Gasteiger partial charge in [-0.05, 0) is 66.9 Å². The molecule has 0 radical (unpaired) electrons. The quantitative estimate of drug-likeness (QED) is 0.527. The standard InChI is InChI=1S/C28H31N3O3/c1-30(2)25-16-10-21(11-17-25)19-31(20-26-9-6-18-34-26)28(33)23-12-14-24(15-13-23)29-27(32)22-7-4-3-5-8-22/h3-5,7-8,10-17,26H,6,9,18-20H2,1-2H3,(H,29,32).